The largest absolute Gasteiger partial charge is 0.493 e. The molecular weight excluding hydrogens is 249 g/mol. The van der Waals surface area contributed by atoms with Crippen LogP contribution in [0.1, 0.15) is 13.8 Å². The van der Waals surface area contributed by atoms with Gasteiger partial charge in [-0.15, -0.1) is 0 Å². The third kappa shape index (κ3) is 2.78. The molecule has 2 rings (SSSR count). The molecule has 0 aliphatic heterocycles. The van der Waals surface area contributed by atoms with Gasteiger partial charge in [0.25, 0.3) is 0 Å². The second kappa shape index (κ2) is 5.17. The molecule has 0 atom stereocenters. The van der Waals surface area contributed by atoms with Gasteiger partial charge < -0.3 is 15.2 Å². The van der Waals surface area contributed by atoms with Crippen molar-refractivity contribution in [3.05, 3.63) is 24.0 Å². The molecule has 6 heteroatoms. The van der Waals surface area contributed by atoms with Crippen molar-refractivity contribution in [3.8, 4) is 22.8 Å². The maximum absolute atomic E-state index is 14.0. The minimum atomic E-state index is -0.434. The number of nitrogen functional groups attached to an aromatic ring is 1. The summed E-state index contributed by atoms with van der Waals surface area (Å²) in [6.45, 7) is 3.77. The fourth-order valence-electron chi connectivity index (χ4n) is 1.72. The maximum Gasteiger partial charge on any atom is 0.163 e. The molecule has 0 saturated heterocycles. The number of aromatic amines is 1. The second-order valence-electron chi connectivity index (χ2n) is 4.36. The first-order valence-corrected chi connectivity index (χ1v) is 5.86. The highest BCUT2D eigenvalue weighted by Gasteiger charge is 2.15. The van der Waals surface area contributed by atoms with E-state index in [1.807, 2.05) is 13.8 Å². The number of methoxy groups -OCH3 is 1. The Hall–Kier alpha value is -2.24. The summed E-state index contributed by atoms with van der Waals surface area (Å²) in [5.41, 5.74) is 6.35. The Kier molecular flexibility index (Phi) is 3.59. The Morgan fingerprint density at radius 2 is 2.00 bits per heavy atom. The Labute approximate surface area is 110 Å². The van der Waals surface area contributed by atoms with Gasteiger partial charge in [-0.3, -0.25) is 5.10 Å². The first-order valence-electron chi connectivity index (χ1n) is 5.86. The SMILES string of the molecule is COc1cc(F)c(-c2cc(N)n[nH]2)cc1OC(C)C. The van der Waals surface area contributed by atoms with Crippen molar-refractivity contribution >= 4 is 5.82 Å². The lowest BCUT2D eigenvalue weighted by atomic mass is 10.1. The lowest BCUT2D eigenvalue weighted by Gasteiger charge is -2.15. The summed E-state index contributed by atoms with van der Waals surface area (Å²) in [6, 6.07) is 4.41. The number of hydrogen-bond acceptors (Lipinski definition) is 4. The number of ether oxygens (including phenoxy) is 2. The smallest absolute Gasteiger partial charge is 0.163 e. The average molecular weight is 265 g/mol. The minimum absolute atomic E-state index is 0.0425. The number of rotatable bonds is 4. The van der Waals surface area contributed by atoms with Crippen molar-refractivity contribution in [2.75, 3.05) is 12.8 Å². The van der Waals surface area contributed by atoms with Gasteiger partial charge in [-0.2, -0.15) is 5.10 Å². The van der Waals surface area contributed by atoms with E-state index in [1.165, 1.54) is 13.2 Å². The lowest BCUT2D eigenvalue weighted by Crippen LogP contribution is -2.07. The molecule has 0 aliphatic carbocycles. The summed E-state index contributed by atoms with van der Waals surface area (Å²) < 4.78 is 24.7. The van der Waals surface area contributed by atoms with E-state index in [-0.39, 0.29) is 6.10 Å². The van der Waals surface area contributed by atoms with E-state index in [0.29, 0.717) is 28.6 Å². The predicted octanol–water partition coefficient (Wildman–Crippen LogP) is 2.59. The van der Waals surface area contributed by atoms with Crippen LogP contribution in [0, 0.1) is 5.82 Å². The predicted molar refractivity (Wildman–Crippen MR) is 70.7 cm³/mol. The number of benzene rings is 1. The standard InChI is InChI=1S/C13H16FN3O2/c1-7(2)19-12-4-8(9(14)5-11(12)18-3)10-6-13(15)17-16-10/h4-7H,1-3H3,(H3,15,16,17). The first kappa shape index (κ1) is 13.2. The van der Waals surface area contributed by atoms with Crippen LogP contribution in [0.3, 0.4) is 0 Å². The van der Waals surface area contributed by atoms with Crippen LogP contribution in [0.25, 0.3) is 11.3 Å². The van der Waals surface area contributed by atoms with Gasteiger partial charge in [-0.1, -0.05) is 0 Å². The topological polar surface area (TPSA) is 73.2 Å². The normalized spacial score (nSPS) is 10.8. The third-order valence-corrected chi connectivity index (χ3v) is 2.50. The Morgan fingerprint density at radius 3 is 2.53 bits per heavy atom. The fraction of sp³-hybridized carbons (Fsp3) is 0.308. The molecule has 1 aromatic carbocycles. The molecule has 0 saturated carbocycles. The van der Waals surface area contributed by atoms with Crippen molar-refractivity contribution in [2.45, 2.75) is 20.0 Å². The van der Waals surface area contributed by atoms with Crippen molar-refractivity contribution in [1.29, 1.82) is 0 Å². The molecule has 0 amide bonds. The van der Waals surface area contributed by atoms with Gasteiger partial charge in [-0.25, -0.2) is 4.39 Å². The van der Waals surface area contributed by atoms with Crippen molar-refractivity contribution in [2.24, 2.45) is 0 Å². The number of nitrogens with one attached hydrogen (secondary N) is 1. The van der Waals surface area contributed by atoms with E-state index in [9.17, 15) is 4.39 Å². The van der Waals surface area contributed by atoms with Gasteiger partial charge in [0.05, 0.1) is 18.9 Å². The maximum atomic E-state index is 14.0. The molecule has 0 unspecified atom stereocenters. The molecule has 1 aromatic heterocycles. The Balaban J connectivity index is 2.49. The molecule has 0 radical (unpaired) electrons. The van der Waals surface area contributed by atoms with E-state index >= 15 is 0 Å². The van der Waals surface area contributed by atoms with Crippen LogP contribution in [0.2, 0.25) is 0 Å². The lowest BCUT2D eigenvalue weighted by molar-refractivity contribution is 0.229. The summed E-state index contributed by atoms with van der Waals surface area (Å²) >= 11 is 0. The van der Waals surface area contributed by atoms with E-state index in [4.69, 9.17) is 15.2 Å². The highest BCUT2D eigenvalue weighted by Crippen LogP contribution is 2.35. The van der Waals surface area contributed by atoms with E-state index in [0.717, 1.165) is 0 Å². The van der Waals surface area contributed by atoms with Crippen molar-refractivity contribution in [1.82, 2.24) is 10.2 Å². The summed E-state index contributed by atoms with van der Waals surface area (Å²) in [6.07, 6.45) is -0.0425. The number of hydrogen-bond donors (Lipinski definition) is 2. The summed E-state index contributed by atoms with van der Waals surface area (Å²) in [5.74, 6) is 0.692. The van der Waals surface area contributed by atoms with Gasteiger partial charge >= 0.3 is 0 Å². The van der Waals surface area contributed by atoms with Gasteiger partial charge in [0.2, 0.25) is 0 Å². The molecule has 19 heavy (non-hydrogen) atoms. The summed E-state index contributed by atoms with van der Waals surface area (Å²) in [7, 11) is 1.47. The molecule has 5 nitrogen and oxygen atoms in total. The van der Waals surface area contributed by atoms with Crippen LogP contribution >= 0.6 is 0 Å². The van der Waals surface area contributed by atoms with Crippen LogP contribution in [-0.2, 0) is 0 Å². The Morgan fingerprint density at radius 1 is 1.26 bits per heavy atom. The molecule has 0 spiro atoms. The van der Waals surface area contributed by atoms with Crippen LogP contribution in [-0.4, -0.2) is 23.4 Å². The van der Waals surface area contributed by atoms with Crippen LogP contribution in [0.5, 0.6) is 11.5 Å². The van der Waals surface area contributed by atoms with Crippen molar-refractivity contribution in [3.63, 3.8) is 0 Å². The molecule has 0 fully saturated rings. The van der Waals surface area contributed by atoms with Gasteiger partial charge in [-0.05, 0) is 19.9 Å². The summed E-state index contributed by atoms with van der Waals surface area (Å²) in [5, 5.41) is 6.45. The number of aromatic nitrogens is 2. The molecule has 0 aliphatic rings. The van der Waals surface area contributed by atoms with Crippen LogP contribution < -0.4 is 15.2 Å². The first-order chi connectivity index (χ1) is 9.01. The van der Waals surface area contributed by atoms with Gasteiger partial charge in [0, 0.05) is 17.7 Å². The number of nitrogens with two attached hydrogens (primary N) is 1. The number of nitrogens with zero attached hydrogens (tertiary/aromatic N) is 1. The zero-order valence-electron chi connectivity index (χ0n) is 11.0. The quantitative estimate of drug-likeness (QED) is 0.891. The van der Waals surface area contributed by atoms with Gasteiger partial charge in [0.1, 0.15) is 11.6 Å². The molecular formula is C13H16FN3O2. The molecule has 102 valence electrons. The average Bonchev–Trinajstić information content (AvgIpc) is 2.77. The zero-order valence-corrected chi connectivity index (χ0v) is 11.0. The fourth-order valence-corrected chi connectivity index (χ4v) is 1.72. The monoisotopic (exact) mass is 265 g/mol. The van der Waals surface area contributed by atoms with E-state index in [2.05, 4.69) is 10.2 Å². The second-order valence-corrected chi connectivity index (χ2v) is 4.36. The van der Waals surface area contributed by atoms with E-state index < -0.39 is 5.82 Å². The number of halogens is 1. The molecule has 0 bridgehead atoms. The molecule has 3 N–H and O–H groups in total. The Bertz CT molecular complexity index is 581. The van der Waals surface area contributed by atoms with Gasteiger partial charge in [0.15, 0.2) is 11.5 Å². The molecule has 2 aromatic rings. The number of anilines is 1. The number of H-pyrrole nitrogens is 1. The van der Waals surface area contributed by atoms with E-state index in [1.54, 1.807) is 12.1 Å². The van der Waals surface area contributed by atoms with Crippen LogP contribution in [0.15, 0.2) is 18.2 Å². The minimum Gasteiger partial charge on any atom is -0.493 e. The highest BCUT2D eigenvalue weighted by molar-refractivity contribution is 5.66. The van der Waals surface area contributed by atoms with Crippen LogP contribution in [0.4, 0.5) is 10.2 Å². The molecule has 1 heterocycles. The zero-order chi connectivity index (χ0) is 14.0. The van der Waals surface area contributed by atoms with Crippen molar-refractivity contribution < 1.29 is 13.9 Å². The third-order valence-electron chi connectivity index (χ3n) is 2.50. The summed E-state index contributed by atoms with van der Waals surface area (Å²) in [4.78, 5) is 0. The highest BCUT2D eigenvalue weighted by atomic mass is 19.1.